The summed E-state index contributed by atoms with van der Waals surface area (Å²) in [6.07, 6.45) is 0. The summed E-state index contributed by atoms with van der Waals surface area (Å²) < 4.78 is 0. The van der Waals surface area contributed by atoms with Crippen LogP contribution in [-0.2, 0) is 0 Å². The first-order chi connectivity index (χ1) is 4.63. The maximum absolute atomic E-state index is 10.5. The van der Waals surface area contributed by atoms with E-state index in [1.54, 1.807) is 6.92 Å². The molecule has 0 aliphatic rings. The number of hydrogen-bond acceptors (Lipinski definition) is 2. The molecular formula is C5H6ClN3O. The van der Waals surface area contributed by atoms with Gasteiger partial charge < -0.3 is 5.73 Å². The fourth-order valence-corrected chi connectivity index (χ4v) is 0.756. The largest absolute Gasteiger partial charge is 0.364 e. The van der Waals surface area contributed by atoms with Gasteiger partial charge in [0.25, 0.3) is 5.91 Å². The summed E-state index contributed by atoms with van der Waals surface area (Å²) >= 11 is 5.61. The molecule has 0 radical (unpaired) electrons. The monoisotopic (exact) mass is 159 g/mol. The van der Waals surface area contributed by atoms with Crippen molar-refractivity contribution in [2.75, 3.05) is 0 Å². The fourth-order valence-electron chi connectivity index (χ4n) is 0.579. The van der Waals surface area contributed by atoms with Gasteiger partial charge in [0, 0.05) is 0 Å². The molecule has 0 aromatic carbocycles. The molecule has 0 unspecified atom stereocenters. The molecule has 1 aromatic heterocycles. The molecule has 0 aliphatic carbocycles. The predicted molar refractivity (Wildman–Crippen MR) is 36.9 cm³/mol. The molecular weight excluding hydrogens is 154 g/mol. The first kappa shape index (κ1) is 7.08. The number of H-pyrrole nitrogens is 1. The van der Waals surface area contributed by atoms with Gasteiger partial charge in [-0.3, -0.25) is 9.89 Å². The van der Waals surface area contributed by atoms with Crippen molar-refractivity contribution in [2.45, 2.75) is 6.92 Å². The minimum Gasteiger partial charge on any atom is -0.364 e. The highest BCUT2D eigenvalue weighted by molar-refractivity contribution is 6.34. The number of carbonyl (C=O) groups is 1. The van der Waals surface area contributed by atoms with Crippen LogP contribution < -0.4 is 5.73 Å². The molecule has 3 N–H and O–H groups in total. The van der Waals surface area contributed by atoms with Crippen LogP contribution >= 0.6 is 11.6 Å². The number of halogens is 1. The molecule has 1 heterocycles. The van der Waals surface area contributed by atoms with Crippen LogP contribution in [-0.4, -0.2) is 16.1 Å². The van der Waals surface area contributed by atoms with Gasteiger partial charge in [-0.15, -0.1) is 0 Å². The van der Waals surface area contributed by atoms with E-state index in [0.29, 0.717) is 10.7 Å². The molecule has 5 heteroatoms. The highest BCUT2D eigenvalue weighted by Gasteiger charge is 2.11. The summed E-state index contributed by atoms with van der Waals surface area (Å²) in [4.78, 5) is 10.5. The van der Waals surface area contributed by atoms with Crippen LogP contribution in [0.15, 0.2) is 0 Å². The Morgan fingerprint density at radius 3 is 2.60 bits per heavy atom. The van der Waals surface area contributed by atoms with Crippen LogP contribution in [0.1, 0.15) is 16.2 Å². The molecule has 4 nitrogen and oxygen atoms in total. The van der Waals surface area contributed by atoms with Crippen molar-refractivity contribution < 1.29 is 4.79 Å². The Balaban J connectivity index is 3.17. The fraction of sp³-hybridized carbons (Fsp3) is 0.200. The van der Waals surface area contributed by atoms with E-state index in [1.807, 2.05) is 0 Å². The number of aromatic nitrogens is 2. The molecule has 0 atom stereocenters. The number of nitrogens with zero attached hydrogens (tertiary/aromatic N) is 1. The van der Waals surface area contributed by atoms with Crippen LogP contribution in [0.3, 0.4) is 0 Å². The zero-order valence-electron chi connectivity index (χ0n) is 5.31. The molecule has 0 aliphatic heterocycles. The van der Waals surface area contributed by atoms with Crippen molar-refractivity contribution in [1.82, 2.24) is 10.2 Å². The van der Waals surface area contributed by atoms with E-state index in [4.69, 9.17) is 17.3 Å². The number of aromatic amines is 1. The minimum atomic E-state index is -0.616. The first-order valence-electron chi connectivity index (χ1n) is 2.63. The maximum Gasteiger partial charge on any atom is 0.270 e. The number of nitrogens with one attached hydrogen (secondary N) is 1. The minimum absolute atomic E-state index is 0.0965. The molecule has 0 bridgehead atoms. The second-order valence-electron chi connectivity index (χ2n) is 1.88. The third kappa shape index (κ3) is 0.974. The number of amides is 1. The van der Waals surface area contributed by atoms with E-state index in [0.717, 1.165) is 0 Å². The summed E-state index contributed by atoms with van der Waals surface area (Å²) in [5.74, 6) is -0.616. The van der Waals surface area contributed by atoms with Crippen molar-refractivity contribution in [3.8, 4) is 0 Å². The van der Waals surface area contributed by atoms with Gasteiger partial charge in [-0.25, -0.2) is 0 Å². The number of carbonyl (C=O) groups excluding carboxylic acids is 1. The zero-order chi connectivity index (χ0) is 7.72. The van der Waals surface area contributed by atoms with E-state index >= 15 is 0 Å². The van der Waals surface area contributed by atoms with Gasteiger partial charge in [-0.2, -0.15) is 5.10 Å². The third-order valence-corrected chi connectivity index (χ3v) is 1.57. The van der Waals surface area contributed by atoms with Gasteiger partial charge in [0.2, 0.25) is 0 Å². The maximum atomic E-state index is 10.5. The standard InChI is InChI=1S/C5H6ClN3O/c1-2-3(6)4(5(7)10)9-8-2/h1H3,(H2,7,10)(H,8,9). The molecule has 1 aromatic rings. The summed E-state index contributed by atoms with van der Waals surface area (Å²) in [6.45, 7) is 1.71. The summed E-state index contributed by atoms with van der Waals surface area (Å²) in [7, 11) is 0. The van der Waals surface area contributed by atoms with E-state index in [-0.39, 0.29) is 5.69 Å². The second-order valence-corrected chi connectivity index (χ2v) is 2.25. The Kier molecular flexibility index (Phi) is 1.63. The molecule has 0 saturated heterocycles. The molecule has 0 saturated carbocycles. The van der Waals surface area contributed by atoms with E-state index < -0.39 is 5.91 Å². The third-order valence-electron chi connectivity index (χ3n) is 1.11. The Hall–Kier alpha value is -1.03. The topological polar surface area (TPSA) is 71.8 Å². The Morgan fingerprint density at radius 2 is 2.40 bits per heavy atom. The van der Waals surface area contributed by atoms with Gasteiger partial charge in [0.1, 0.15) is 0 Å². The summed E-state index contributed by atoms with van der Waals surface area (Å²) in [5.41, 5.74) is 5.67. The molecule has 10 heavy (non-hydrogen) atoms. The second kappa shape index (κ2) is 2.30. The average molecular weight is 160 g/mol. The number of aryl methyl sites for hydroxylation is 1. The van der Waals surface area contributed by atoms with Crippen molar-refractivity contribution in [3.63, 3.8) is 0 Å². The molecule has 0 spiro atoms. The van der Waals surface area contributed by atoms with E-state index in [9.17, 15) is 4.79 Å². The first-order valence-corrected chi connectivity index (χ1v) is 3.01. The molecule has 1 amide bonds. The van der Waals surface area contributed by atoms with Gasteiger partial charge in [-0.1, -0.05) is 11.6 Å². The highest BCUT2D eigenvalue weighted by atomic mass is 35.5. The van der Waals surface area contributed by atoms with Crippen LogP contribution in [0.4, 0.5) is 0 Å². The lowest BCUT2D eigenvalue weighted by Crippen LogP contribution is -2.11. The van der Waals surface area contributed by atoms with Crippen LogP contribution in [0.5, 0.6) is 0 Å². The predicted octanol–water partition coefficient (Wildman–Crippen LogP) is 0.470. The van der Waals surface area contributed by atoms with Crippen molar-refractivity contribution in [1.29, 1.82) is 0 Å². The van der Waals surface area contributed by atoms with Crippen LogP contribution in [0, 0.1) is 6.92 Å². The normalized spacial score (nSPS) is 9.80. The lowest BCUT2D eigenvalue weighted by Gasteiger charge is -1.85. The lowest BCUT2D eigenvalue weighted by molar-refractivity contribution is 0.0995. The van der Waals surface area contributed by atoms with Gasteiger partial charge >= 0.3 is 0 Å². The Bertz CT molecular complexity index is 268. The van der Waals surface area contributed by atoms with Crippen molar-refractivity contribution in [2.24, 2.45) is 5.73 Å². The van der Waals surface area contributed by atoms with Gasteiger partial charge in [0.15, 0.2) is 5.69 Å². The number of hydrogen-bond donors (Lipinski definition) is 2. The molecule has 0 fully saturated rings. The van der Waals surface area contributed by atoms with E-state index in [1.165, 1.54) is 0 Å². The lowest BCUT2D eigenvalue weighted by atomic mass is 10.3. The smallest absolute Gasteiger partial charge is 0.270 e. The molecule has 1 rings (SSSR count). The van der Waals surface area contributed by atoms with Gasteiger partial charge in [0.05, 0.1) is 10.7 Å². The van der Waals surface area contributed by atoms with E-state index in [2.05, 4.69) is 10.2 Å². The van der Waals surface area contributed by atoms with Crippen molar-refractivity contribution in [3.05, 3.63) is 16.4 Å². The molecule has 54 valence electrons. The Morgan fingerprint density at radius 1 is 1.80 bits per heavy atom. The van der Waals surface area contributed by atoms with Gasteiger partial charge in [-0.05, 0) is 6.92 Å². The average Bonchev–Trinajstić information content (AvgIpc) is 2.14. The number of nitrogens with two attached hydrogens (primary N) is 1. The zero-order valence-corrected chi connectivity index (χ0v) is 6.07. The van der Waals surface area contributed by atoms with Crippen LogP contribution in [0.25, 0.3) is 0 Å². The summed E-state index contributed by atoms with van der Waals surface area (Å²) in [6, 6.07) is 0. The van der Waals surface area contributed by atoms with Crippen LogP contribution in [0.2, 0.25) is 5.02 Å². The SMILES string of the molecule is Cc1[nH]nc(C(N)=O)c1Cl. The highest BCUT2D eigenvalue weighted by Crippen LogP contribution is 2.15. The number of primary amides is 1. The Labute approximate surface area is 62.4 Å². The quantitative estimate of drug-likeness (QED) is 0.625. The van der Waals surface area contributed by atoms with Crippen molar-refractivity contribution >= 4 is 17.5 Å². The number of rotatable bonds is 1. The summed E-state index contributed by atoms with van der Waals surface area (Å²) in [5, 5.41) is 6.42.